The summed E-state index contributed by atoms with van der Waals surface area (Å²) in [5, 5.41) is 10.9. The molecule has 1 heterocycles. The van der Waals surface area contributed by atoms with Crippen molar-refractivity contribution in [3.8, 4) is 0 Å². The van der Waals surface area contributed by atoms with Crippen LogP contribution in [0.3, 0.4) is 0 Å². The van der Waals surface area contributed by atoms with Crippen molar-refractivity contribution in [1.29, 1.82) is 0 Å². The largest absolute Gasteiger partial charge is 0.511 e. The second-order valence-corrected chi connectivity index (χ2v) is 7.46. The molecule has 1 aromatic carbocycles. The van der Waals surface area contributed by atoms with Crippen LogP contribution in [0.25, 0.3) is 5.57 Å². The minimum atomic E-state index is -0.595. The van der Waals surface area contributed by atoms with Crippen molar-refractivity contribution >= 4 is 11.4 Å². The minimum Gasteiger partial charge on any atom is -0.511 e. The first-order valence-corrected chi connectivity index (χ1v) is 8.75. The van der Waals surface area contributed by atoms with Crippen molar-refractivity contribution < 1.29 is 19.4 Å². The molecule has 24 heavy (non-hydrogen) atoms. The van der Waals surface area contributed by atoms with Crippen LogP contribution in [0.2, 0.25) is 0 Å². The first-order chi connectivity index (χ1) is 11.4. The number of carbonyl (C=O) groups is 1. The van der Waals surface area contributed by atoms with Gasteiger partial charge in [-0.2, -0.15) is 0 Å². The van der Waals surface area contributed by atoms with E-state index in [1.807, 2.05) is 20.8 Å². The van der Waals surface area contributed by atoms with E-state index in [4.69, 9.17) is 9.47 Å². The van der Waals surface area contributed by atoms with E-state index < -0.39 is 5.79 Å². The second-order valence-electron chi connectivity index (χ2n) is 7.46. The fourth-order valence-corrected chi connectivity index (χ4v) is 4.84. The Morgan fingerprint density at radius 1 is 1.08 bits per heavy atom. The third kappa shape index (κ3) is 2.24. The summed E-state index contributed by atoms with van der Waals surface area (Å²) in [6.45, 7) is 7.26. The SMILES string of the molecule is Cc1cc(C)c(C2=C(O)C3CC4(CCC3C2=O)OCCO4)c(C)c1. The molecule has 4 nitrogen and oxygen atoms in total. The summed E-state index contributed by atoms with van der Waals surface area (Å²) in [7, 11) is 0. The molecule has 1 spiro atoms. The van der Waals surface area contributed by atoms with Crippen LogP contribution in [0.15, 0.2) is 17.9 Å². The lowest BCUT2D eigenvalue weighted by Gasteiger charge is -2.37. The Balaban J connectivity index is 1.77. The van der Waals surface area contributed by atoms with Gasteiger partial charge in [-0.15, -0.1) is 0 Å². The number of ketones is 1. The summed E-state index contributed by atoms with van der Waals surface area (Å²) in [4.78, 5) is 13.0. The molecule has 0 bridgehead atoms. The van der Waals surface area contributed by atoms with Gasteiger partial charge in [0.25, 0.3) is 0 Å². The van der Waals surface area contributed by atoms with E-state index in [0.717, 1.165) is 23.1 Å². The van der Waals surface area contributed by atoms with Gasteiger partial charge in [-0.25, -0.2) is 0 Å². The number of allylic oxidation sites excluding steroid dienone is 2. The monoisotopic (exact) mass is 328 g/mol. The third-order valence-electron chi connectivity index (χ3n) is 5.78. The number of hydrogen-bond donors (Lipinski definition) is 1. The number of rotatable bonds is 1. The molecule has 3 aliphatic rings. The van der Waals surface area contributed by atoms with Crippen LogP contribution < -0.4 is 0 Å². The predicted molar refractivity (Wildman–Crippen MR) is 90.7 cm³/mol. The van der Waals surface area contributed by atoms with Crippen LogP contribution >= 0.6 is 0 Å². The highest BCUT2D eigenvalue weighted by molar-refractivity contribution is 6.25. The maximum Gasteiger partial charge on any atom is 0.170 e. The van der Waals surface area contributed by atoms with Gasteiger partial charge < -0.3 is 14.6 Å². The topological polar surface area (TPSA) is 55.8 Å². The molecule has 1 saturated carbocycles. The van der Waals surface area contributed by atoms with E-state index >= 15 is 0 Å². The van der Waals surface area contributed by atoms with Crippen LogP contribution in [0.1, 0.15) is 41.5 Å². The molecular formula is C20H24O4. The number of aliphatic hydroxyl groups excluding tert-OH is 1. The van der Waals surface area contributed by atoms with Gasteiger partial charge in [0.15, 0.2) is 11.6 Å². The Kier molecular flexibility index (Phi) is 3.59. The number of benzene rings is 1. The van der Waals surface area contributed by atoms with Gasteiger partial charge >= 0.3 is 0 Å². The first-order valence-electron chi connectivity index (χ1n) is 8.75. The Labute approximate surface area is 142 Å². The molecule has 2 aliphatic carbocycles. The van der Waals surface area contributed by atoms with Gasteiger partial charge in [-0.3, -0.25) is 4.79 Å². The van der Waals surface area contributed by atoms with Crippen molar-refractivity contribution in [3.63, 3.8) is 0 Å². The highest BCUT2D eigenvalue weighted by Gasteiger charge is 2.53. The molecule has 2 atom stereocenters. The lowest BCUT2D eigenvalue weighted by Crippen LogP contribution is -2.40. The summed E-state index contributed by atoms with van der Waals surface area (Å²) < 4.78 is 11.6. The number of carbonyl (C=O) groups excluding carboxylic acids is 1. The molecule has 128 valence electrons. The summed E-state index contributed by atoms with van der Waals surface area (Å²) in [6, 6.07) is 4.14. The molecule has 1 N–H and O–H groups in total. The lowest BCUT2D eigenvalue weighted by molar-refractivity contribution is -0.192. The predicted octanol–water partition coefficient (Wildman–Crippen LogP) is 3.62. The molecular weight excluding hydrogens is 304 g/mol. The maximum atomic E-state index is 13.0. The van der Waals surface area contributed by atoms with Crippen molar-refractivity contribution in [1.82, 2.24) is 0 Å². The third-order valence-corrected chi connectivity index (χ3v) is 5.78. The number of aliphatic hydroxyl groups is 1. The smallest absolute Gasteiger partial charge is 0.170 e. The Hall–Kier alpha value is -1.65. The average molecular weight is 328 g/mol. The van der Waals surface area contributed by atoms with Gasteiger partial charge in [-0.1, -0.05) is 17.7 Å². The van der Waals surface area contributed by atoms with E-state index in [1.54, 1.807) is 0 Å². The van der Waals surface area contributed by atoms with E-state index in [-0.39, 0.29) is 23.4 Å². The van der Waals surface area contributed by atoms with Crippen molar-refractivity contribution in [2.24, 2.45) is 11.8 Å². The number of hydrogen-bond acceptors (Lipinski definition) is 4. The van der Waals surface area contributed by atoms with E-state index in [0.29, 0.717) is 31.6 Å². The van der Waals surface area contributed by atoms with Crippen LogP contribution in [-0.2, 0) is 14.3 Å². The van der Waals surface area contributed by atoms with Crippen LogP contribution in [-0.4, -0.2) is 29.9 Å². The summed E-state index contributed by atoms with van der Waals surface area (Å²) >= 11 is 0. The minimum absolute atomic E-state index is 0.0837. The quantitative estimate of drug-likeness (QED) is 0.855. The first kappa shape index (κ1) is 15.9. The highest BCUT2D eigenvalue weighted by Crippen LogP contribution is 2.51. The highest BCUT2D eigenvalue weighted by atomic mass is 16.7. The number of Topliss-reactive ketones (excluding diaryl/α,β-unsaturated/α-hetero) is 1. The number of fused-ring (bicyclic) bond motifs is 1. The summed E-state index contributed by atoms with van der Waals surface area (Å²) in [5.74, 6) is -0.598. The normalized spacial score (nSPS) is 28.7. The van der Waals surface area contributed by atoms with Gasteiger partial charge in [0.1, 0.15) is 5.76 Å². The van der Waals surface area contributed by atoms with Gasteiger partial charge in [-0.05, 0) is 43.9 Å². The molecule has 4 heteroatoms. The number of aryl methyl sites for hydroxylation is 3. The molecule has 1 saturated heterocycles. The van der Waals surface area contributed by atoms with Crippen molar-refractivity contribution in [2.75, 3.05) is 13.2 Å². The van der Waals surface area contributed by atoms with E-state index in [2.05, 4.69) is 12.1 Å². The fraction of sp³-hybridized carbons (Fsp3) is 0.550. The second kappa shape index (κ2) is 5.43. The molecule has 2 fully saturated rings. The Bertz CT molecular complexity index is 717. The average Bonchev–Trinajstić information content (AvgIpc) is 3.05. The van der Waals surface area contributed by atoms with Gasteiger partial charge in [0.2, 0.25) is 0 Å². The fourth-order valence-electron chi connectivity index (χ4n) is 4.84. The van der Waals surface area contributed by atoms with Crippen LogP contribution in [0.5, 0.6) is 0 Å². The molecule has 2 unspecified atom stereocenters. The molecule has 0 amide bonds. The number of ether oxygens (including phenoxy) is 2. The molecule has 4 rings (SSSR count). The van der Waals surface area contributed by atoms with Gasteiger partial charge in [0.05, 0.1) is 18.8 Å². The molecule has 0 aromatic heterocycles. The van der Waals surface area contributed by atoms with E-state index in [1.165, 1.54) is 5.56 Å². The Morgan fingerprint density at radius 3 is 2.33 bits per heavy atom. The Morgan fingerprint density at radius 2 is 1.71 bits per heavy atom. The molecule has 0 radical (unpaired) electrons. The van der Waals surface area contributed by atoms with Crippen molar-refractivity contribution in [3.05, 3.63) is 40.1 Å². The molecule has 1 aliphatic heterocycles. The summed E-state index contributed by atoms with van der Waals surface area (Å²) in [6.07, 6.45) is 2.01. The zero-order valence-corrected chi connectivity index (χ0v) is 14.5. The maximum absolute atomic E-state index is 13.0. The van der Waals surface area contributed by atoms with Crippen molar-refractivity contribution in [2.45, 2.75) is 45.8 Å². The standard InChI is InChI=1S/C20H24O4/c1-11-8-12(2)16(13(3)9-11)17-18(21)14-4-5-20(23-6-7-24-20)10-15(14)19(17)22/h8-9,14-15,22H,4-7,10H2,1-3H3. The van der Waals surface area contributed by atoms with E-state index in [9.17, 15) is 9.90 Å². The van der Waals surface area contributed by atoms with Crippen LogP contribution in [0.4, 0.5) is 0 Å². The molecule has 1 aromatic rings. The van der Waals surface area contributed by atoms with Gasteiger partial charge in [0, 0.05) is 24.7 Å². The lowest BCUT2D eigenvalue weighted by atomic mass is 9.77. The summed E-state index contributed by atoms with van der Waals surface area (Å²) in [5.41, 5.74) is 4.69. The van der Waals surface area contributed by atoms with Crippen LogP contribution in [0, 0.1) is 32.6 Å². The zero-order chi connectivity index (χ0) is 17.1. The zero-order valence-electron chi connectivity index (χ0n) is 14.5.